The molecule has 112 valence electrons. The molecule has 22 heavy (non-hydrogen) atoms. The van der Waals surface area contributed by atoms with Gasteiger partial charge in [0.05, 0.1) is 17.6 Å². The van der Waals surface area contributed by atoms with Crippen LogP contribution in [-0.4, -0.2) is 11.7 Å². The normalized spacial score (nSPS) is 10.8. The second kappa shape index (κ2) is 5.56. The van der Waals surface area contributed by atoms with E-state index in [9.17, 15) is 9.90 Å². The number of benzene rings is 2. The highest BCUT2D eigenvalue weighted by molar-refractivity contribution is 5.83. The van der Waals surface area contributed by atoms with Gasteiger partial charge in [0.15, 0.2) is 5.76 Å². The molecule has 4 heteroatoms. The zero-order valence-electron chi connectivity index (χ0n) is 12.4. The maximum Gasteiger partial charge on any atom is 0.235 e. The highest BCUT2D eigenvalue weighted by Gasteiger charge is 2.18. The standard InChI is InChI=1S/C18H16O4/c1-3-21-14-9-8-11(2)10-13(14)18-17(20)16(19)12-6-4-5-7-15(12)22-18/h4-10,20H,3H2,1-2H3. The maximum absolute atomic E-state index is 12.3. The van der Waals surface area contributed by atoms with E-state index in [-0.39, 0.29) is 5.76 Å². The number of para-hydroxylation sites is 1. The van der Waals surface area contributed by atoms with Gasteiger partial charge >= 0.3 is 0 Å². The Morgan fingerprint density at radius 1 is 1.18 bits per heavy atom. The van der Waals surface area contributed by atoms with Crippen LogP contribution in [0.4, 0.5) is 0 Å². The molecule has 0 radical (unpaired) electrons. The first kappa shape index (κ1) is 14.2. The molecule has 0 aliphatic rings. The summed E-state index contributed by atoms with van der Waals surface area (Å²) in [6.07, 6.45) is 0. The molecule has 0 amide bonds. The van der Waals surface area contributed by atoms with Crippen molar-refractivity contribution in [2.45, 2.75) is 13.8 Å². The van der Waals surface area contributed by atoms with Crippen molar-refractivity contribution < 1.29 is 14.3 Å². The van der Waals surface area contributed by atoms with Crippen molar-refractivity contribution in [2.75, 3.05) is 6.61 Å². The number of fused-ring (bicyclic) bond motifs is 1. The van der Waals surface area contributed by atoms with Gasteiger partial charge in [-0.15, -0.1) is 0 Å². The molecule has 0 spiro atoms. The minimum Gasteiger partial charge on any atom is -0.502 e. The van der Waals surface area contributed by atoms with Gasteiger partial charge in [-0.2, -0.15) is 0 Å². The second-order valence-electron chi connectivity index (χ2n) is 5.04. The van der Waals surface area contributed by atoms with Gasteiger partial charge in [0.25, 0.3) is 0 Å². The van der Waals surface area contributed by atoms with Gasteiger partial charge in [0.1, 0.15) is 11.3 Å². The van der Waals surface area contributed by atoms with Gasteiger partial charge in [0.2, 0.25) is 11.2 Å². The van der Waals surface area contributed by atoms with Crippen LogP contribution in [0.3, 0.4) is 0 Å². The fraction of sp³-hybridized carbons (Fsp3) is 0.167. The molecule has 0 saturated carbocycles. The van der Waals surface area contributed by atoms with Gasteiger partial charge in [-0.1, -0.05) is 23.8 Å². The lowest BCUT2D eigenvalue weighted by Gasteiger charge is -2.12. The van der Waals surface area contributed by atoms with Crippen molar-refractivity contribution in [2.24, 2.45) is 0 Å². The van der Waals surface area contributed by atoms with Crippen molar-refractivity contribution >= 4 is 11.0 Å². The summed E-state index contributed by atoms with van der Waals surface area (Å²) in [5, 5.41) is 10.6. The molecule has 0 aliphatic carbocycles. The van der Waals surface area contributed by atoms with E-state index in [0.29, 0.717) is 28.9 Å². The summed E-state index contributed by atoms with van der Waals surface area (Å²) in [6, 6.07) is 12.4. The Labute approximate surface area is 127 Å². The third-order valence-electron chi connectivity index (χ3n) is 3.45. The first-order valence-electron chi connectivity index (χ1n) is 7.10. The first-order chi connectivity index (χ1) is 10.6. The van der Waals surface area contributed by atoms with Crippen molar-refractivity contribution in [1.82, 2.24) is 0 Å². The lowest BCUT2D eigenvalue weighted by atomic mass is 10.1. The Morgan fingerprint density at radius 3 is 2.73 bits per heavy atom. The molecule has 0 fully saturated rings. The van der Waals surface area contributed by atoms with E-state index in [2.05, 4.69) is 0 Å². The van der Waals surface area contributed by atoms with Gasteiger partial charge in [-0.05, 0) is 38.1 Å². The van der Waals surface area contributed by atoms with Crippen LogP contribution in [0, 0.1) is 6.92 Å². The van der Waals surface area contributed by atoms with Crippen LogP contribution in [0.5, 0.6) is 11.5 Å². The van der Waals surface area contributed by atoms with Crippen LogP contribution >= 0.6 is 0 Å². The van der Waals surface area contributed by atoms with E-state index in [1.54, 1.807) is 24.3 Å². The minimum absolute atomic E-state index is 0.135. The number of rotatable bonds is 3. The Kier molecular flexibility index (Phi) is 3.59. The molecule has 0 saturated heterocycles. The van der Waals surface area contributed by atoms with Crippen LogP contribution in [0.1, 0.15) is 12.5 Å². The topological polar surface area (TPSA) is 59.7 Å². The van der Waals surface area contributed by atoms with Crippen molar-refractivity contribution in [3.05, 3.63) is 58.3 Å². The van der Waals surface area contributed by atoms with Crippen molar-refractivity contribution in [3.8, 4) is 22.8 Å². The third kappa shape index (κ3) is 2.33. The van der Waals surface area contributed by atoms with E-state index in [0.717, 1.165) is 5.56 Å². The molecular formula is C18H16O4. The molecule has 0 bridgehead atoms. The molecule has 4 nitrogen and oxygen atoms in total. The Hall–Kier alpha value is -2.75. The predicted octanol–water partition coefficient (Wildman–Crippen LogP) is 3.87. The quantitative estimate of drug-likeness (QED) is 0.797. The Bertz CT molecular complexity index is 893. The molecule has 1 heterocycles. The molecule has 0 unspecified atom stereocenters. The van der Waals surface area contributed by atoms with Gasteiger partial charge < -0.3 is 14.3 Å². The summed E-state index contributed by atoms with van der Waals surface area (Å²) in [6.45, 7) is 4.28. The molecule has 3 rings (SSSR count). The summed E-state index contributed by atoms with van der Waals surface area (Å²) >= 11 is 0. The lowest BCUT2D eigenvalue weighted by molar-refractivity contribution is 0.340. The summed E-state index contributed by atoms with van der Waals surface area (Å²) in [4.78, 5) is 12.3. The van der Waals surface area contributed by atoms with E-state index in [4.69, 9.17) is 9.15 Å². The van der Waals surface area contributed by atoms with E-state index < -0.39 is 11.2 Å². The zero-order valence-corrected chi connectivity index (χ0v) is 12.4. The van der Waals surface area contributed by atoms with E-state index >= 15 is 0 Å². The molecule has 1 N–H and O–H groups in total. The summed E-state index contributed by atoms with van der Waals surface area (Å²) in [5.41, 5.74) is 1.54. The van der Waals surface area contributed by atoms with Crippen LogP contribution < -0.4 is 10.2 Å². The molecule has 3 aromatic rings. The molecule has 0 aliphatic heterocycles. The second-order valence-corrected chi connectivity index (χ2v) is 5.04. The fourth-order valence-electron chi connectivity index (χ4n) is 2.42. The van der Waals surface area contributed by atoms with Crippen LogP contribution in [0.25, 0.3) is 22.3 Å². The van der Waals surface area contributed by atoms with Gasteiger partial charge in [0, 0.05) is 0 Å². The average molecular weight is 296 g/mol. The summed E-state index contributed by atoms with van der Waals surface area (Å²) < 4.78 is 11.4. The first-order valence-corrected chi connectivity index (χ1v) is 7.10. The van der Waals surface area contributed by atoms with Crippen LogP contribution in [0.2, 0.25) is 0 Å². The van der Waals surface area contributed by atoms with Crippen molar-refractivity contribution in [1.29, 1.82) is 0 Å². The Balaban J connectivity index is 2.33. The zero-order chi connectivity index (χ0) is 15.7. The molecule has 2 aromatic carbocycles. The molecule has 1 aromatic heterocycles. The SMILES string of the molecule is CCOc1ccc(C)cc1-c1oc2ccccc2c(=O)c1O. The fourth-order valence-corrected chi connectivity index (χ4v) is 2.42. The van der Waals surface area contributed by atoms with Gasteiger partial charge in [-0.25, -0.2) is 0 Å². The van der Waals surface area contributed by atoms with Gasteiger partial charge in [-0.3, -0.25) is 4.79 Å². The highest BCUT2D eigenvalue weighted by Crippen LogP contribution is 2.36. The van der Waals surface area contributed by atoms with Crippen molar-refractivity contribution in [3.63, 3.8) is 0 Å². The number of ether oxygens (including phenoxy) is 1. The predicted molar refractivity (Wildman–Crippen MR) is 85.5 cm³/mol. The molecule has 0 atom stereocenters. The summed E-state index contributed by atoms with van der Waals surface area (Å²) in [5.74, 6) is 0.308. The highest BCUT2D eigenvalue weighted by atomic mass is 16.5. The van der Waals surface area contributed by atoms with E-state index in [1.807, 2.05) is 32.0 Å². The largest absolute Gasteiger partial charge is 0.502 e. The Morgan fingerprint density at radius 2 is 1.95 bits per heavy atom. The molecular weight excluding hydrogens is 280 g/mol. The number of hydrogen-bond donors (Lipinski definition) is 1. The number of aromatic hydroxyl groups is 1. The summed E-state index contributed by atoms with van der Waals surface area (Å²) in [7, 11) is 0. The monoisotopic (exact) mass is 296 g/mol. The lowest BCUT2D eigenvalue weighted by Crippen LogP contribution is -2.03. The minimum atomic E-state index is -0.444. The number of hydrogen-bond acceptors (Lipinski definition) is 4. The van der Waals surface area contributed by atoms with Crippen LogP contribution in [0.15, 0.2) is 51.7 Å². The smallest absolute Gasteiger partial charge is 0.235 e. The average Bonchev–Trinajstić information content (AvgIpc) is 2.53. The van der Waals surface area contributed by atoms with Crippen LogP contribution in [-0.2, 0) is 0 Å². The van der Waals surface area contributed by atoms with E-state index in [1.165, 1.54) is 0 Å². The third-order valence-corrected chi connectivity index (χ3v) is 3.45. The maximum atomic E-state index is 12.3. The number of aryl methyl sites for hydroxylation is 1.